The van der Waals surface area contributed by atoms with Crippen molar-refractivity contribution >= 4 is 46.6 Å². The molecule has 4 rings (SSSR count). The molecule has 1 atom stereocenters. The highest BCUT2D eigenvalue weighted by Crippen LogP contribution is 2.40. The number of carbonyl (C=O) groups is 1. The molecule has 0 radical (unpaired) electrons. The SMILES string of the molecule is CC(C)(O)c1sc(=S)sc1-c1cnc2c(n1)NC(N1CCOCC1)NC2=O. The molecule has 1 unspecified atom stereocenters. The molecule has 1 amide bonds. The highest BCUT2D eigenvalue weighted by Gasteiger charge is 2.32. The number of anilines is 1. The molecule has 0 saturated carbocycles. The molecule has 0 bridgehead atoms. The summed E-state index contributed by atoms with van der Waals surface area (Å²) in [5.41, 5.74) is -0.190. The Morgan fingerprint density at radius 3 is 2.78 bits per heavy atom. The van der Waals surface area contributed by atoms with Crippen LogP contribution in [0.3, 0.4) is 0 Å². The van der Waals surface area contributed by atoms with Crippen LogP contribution < -0.4 is 10.6 Å². The van der Waals surface area contributed by atoms with E-state index in [1.807, 2.05) is 0 Å². The molecule has 8 nitrogen and oxygen atoms in total. The first-order valence-electron chi connectivity index (χ1n) is 8.46. The second-order valence-electron chi connectivity index (χ2n) is 6.79. The standard InChI is InChI=1S/C16H19N5O3S3/c1-16(2,23)11-10(26-15(25)27-11)8-7-17-9-12(18-8)19-14(20-13(9)22)21-3-5-24-6-4-21/h7,14,23H,3-6H2,1-2H3,(H,18,19)(H,20,22). The van der Waals surface area contributed by atoms with Gasteiger partial charge in [0.2, 0.25) is 0 Å². The number of carbonyl (C=O) groups excluding carboxylic acids is 1. The van der Waals surface area contributed by atoms with Gasteiger partial charge in [-0.3, -0.25) is 9.69 Å². The van der Waals surface area contributed by atoms with E-state index in [2.05, 4.69) is 25.5 Å². The summed E-state index contributed by atoms with van der Waals surface area (Å²) in [6.07, 6.45) is 1.20. The summed E-state index contributed by atoms with van der Waals surface area (Å²) in [4.78, 5) is 25.0. The number of rotatable bonds is 3. The molecule has 2 aliphatic rings. The van der Waals surface area contributed by atoms with Crippen LogP contribution in [-0.4, -0.2) is 58.5 Å². The molecule has 0 aromatic carbocycles. The molecular weight excluding hydrogens is 406 g/mol. The van der Waals surface area contributed by atoms with Crippen LogP contribution >= 0.6 is 34.9 Å². The van der Waals surface area contributed by atoms with E-state index in [9.17, 15) is 9.90 Å². The van der Waals surface area contributed by atoms with Gasteiger partial charge >= 0.3 is 0 Å². The summed E-state index contributed by atoms with van der Waals surface area (Å²) < 4.78 is 6.08. The van der Waals surface area contributed by atoms with Gasteiger partial charge in [0.25, 0.3) is 5.91 Å². The Morgan fingerprint density at radius 2 is 2.07 bits per heavy atom. The van der Waals surface area contributed by atoms with Crippen molar-refractivity contribution < 1.29 is 14.6 Å². The van der Waals surface area contributed by atoms with Crippen LogP contribution in [-0.2, 0) is 10.3 Å². The minimum Gasteiger partial charge on any atom is -0.385 e. The smallest absolute Gasteiger partial charge is 0.276 e. The third-order valence-corrected chi connectivity index (χ3v) is 7.29. The fourth-order valence-electron chi connectivity index (χ4n) is 2.99. The number of hydrogen-bond acceptors (Lipinski definition) is 10. The predicted molar refractivity (Wildman–Crippen MR) is 107 cm³/mol. The molecular formula is C16H19N5O3S3. The van der Waals surface area contributed by atoms with Gasteiger partial charge in [0.15, 0.2) is 17.8 Å². The quantitative estimate of drug-likeness (QED) is 0.642. The number of aliphatic hydroxyl groups is 1. The molecule has 0 aliphatic carbocycles. The lowest BCUT2D eigenvalue weighted by atomic mass is 10.1. The van der Waals surface area contributed by atoms with Crippen molar-refractivity contribution in [2.75, 3.05) is 31.6 Å². The molecule has 11 heteroatoms. The Kier molecular flexibility index (Phi) is 4.99. The number of nitrogens with zero attached hydrogens (tertiary/aromatic N) is 3. The number of aromatic nitrogens is 2. The summed E-state index contributed by atoms with van der Waals surface area (Å²) in [5.74, 6) is 0.165. The molecule has 1 saturated heterocycles. The molecule has 0 spiro atoms. The summed E-state index contributed by atoms with van der Waals surface area (Å²) in [5, 5.41) is 16.6. The maximum absolute atomic E-state index is 12.5. The summed E-state index contributed by atoms with van der Waals surface area (Å²) in [6.45, 7) is 6.12. The van der Waals surface area contributed by atoms with E-state index in [0.29, 0.717) is 27.9 Å². The average Bonchev–Trinajstić information content (AvgIpc) is 3.04. The zero-order valence-electron chi connectivity index (χ0n) is 14.8. The minimum atomic E-state index is -1.04. The van der Waals surface area contributed by atoms with Crippen molar-refractivity contribution in [2.45, 2.75) is 25.7 Å². The van der Waals surface area contributed by atoms with Crippen molar-refractivity contribution in [1.29, 1.82) is 0 Å². The number of fused-ring (bicyclic) bond motifs is 1. The van der Waals surface area contributed by atoms with Gasteiger partial charge in [-0.05, 0) is 13.8 Å². The normalized spacial score (nSPS) is 20.7. The van der Waals surface area contributed by atoms with Crippen LogP contribution in [0.4, 0.5) is 5.82 Å². The zero-order valence-corrected chi connectivity index (χ0v) is 17.3. The number of morpholine rings is 1. The van der Waals surface area contributed by atoms with Crippen LogP contribution in [0, 0.1) is 3.14 Å². The van der Waals surface area contributed by atoms with Crippen LogP contribution in [0.1, 0.15) is 29.2 Å². The molecule has 3 N–H and O–H groups in total. The van der Waals surface area contributed by atoms with Crippen LogP contribution in [0.25, 0.3) is 10.6 Å². The predicted octanol–water partition coefficient (Wildman–Crippen LogP) is 1.99. The van der Waals surface area contributed by atoms with E-state index in [-0.39, 0.29) is 17.9 Å². The van der Waals surface area contributed by atoms with Crippen LogP contribution in [0.2, 0.25) is 0 Å². The van der Waals surface area contributed by atoms with E-state index in [1.54, 1.807) is 20.0 Å². The van der Waals surface area contributed by atoms with Gasteiger partial charge in [-0.2, -0.15) is 0 Å². The van der Waals surface area contributed by atoms with E-state index in [4.69, 9.17) is 17.0 Å². The van der Waals surface area contributed by atoms with E-state index in [1.165, 1.54) is 22.7 Å². The zero-order chi connectivity index (χ0) is 19.2. The number of nitrogens with one attached hydrogen (secondary N) is 2. The van der Waals surface area contributed by atoms with Crippen molar-refractivity contribution in [3.63, 3.8) is 0 Å². The average molecular weight is 426 g/mol. The maximum atomic E-state index is 12.5. The number of hydrogen-bond donors (Lipinski definition) is 3. The van der Waals surface area contributed by atoms with Gasteiger partial charge < -0.3 is 20.5 Å². The lowest BCUT2D eigenvalue weighted by molar-refractivity contribution is 0.0143. The van der Waals surface area contributed by atoms with Crippen LogP contribution in [0.15, 0.2) is 6.20 Å². The second-order valence-corrected chi connectivity index (χ2v) is 10.0. The molecule has 2 aromatic rings. The molecule has 2 aliphatic heterocycles. The Morgan fingerprint density at radius 1 is 1.33 bits per heavy atom. The Labute approximate surface area is 169 Å². The summed E-state index contributed by atoms with van der Waals surface area (Å²) in [6, 6.07) is 0. The van der Waals surface area contributed by atoms with Crippen molar-refractivity contribution in [1.82, 2.24) is 20.2 Å². The molecule has 2 aromatic heterocycles. The van der Waals surface area contributed by atoms with Gasteiger partial charge in [-0.1, -0.05) is 12.2 Å². The highest BCUT2D eigenvalue weighted by atomic mass is 32.2. The summed E-state index contributed by atoms with van der Waals surface area (Å²) in [7, 11) is 0. The van der Waals surface area contributed by atoms with Gasteiger partial charge in [-0.25, -0.2) is 9.97 Å². The van der Waals surface area contributed by atoms with Crippen LogP contribution in [0.5, 0.6) is 0 Å². The summed E-state index contributed by atoms with van der Waals surface area (Å²) >= 11 is 8.07. The van der Waals surface area contributed by atoms with E-state index < -0.39 is 5.60 Å². The Balaban J connectivity index is 1.70. The van der Waals surface area contributed by atoms with Crippen molar-refractivity contribution in [3.05, 3.63) is 19.9 Å². The minimum absolute atomic E-state index is 0.256. The molecule has 27 heavy (non-hydrogen) atoms. The third kappa shape index (κ3) is 3.75. The number of ether oxygens (including phenoxy) is 1. The lowest BCUT2D eigenvalue weighted by Gasteiger charge is -2.37. The lowest BCUT2D eigenvalue weighted by Crippen LogP contribution is -2.58. The molecule has 1 fully saturated rings. The van der Waals surface area contributed by atoms with E-state index >= 15 is 0 Å². The monoisotopic (exact) mass is 425 g/mol. The fourth-order valence-corrected chi connectivity index (χ4v) is 5.74. The van der Waals surface area contributed by atoms with Gasteiger partial charge in [0.05, 0.1) is 34.8 Å². The first-order valence-corrected chi connectivity index (χ1v) is 10.5. The van der Waals surface area contributed by atoms with Gasteiger partial charge in [0.1, 0.15) is 8.83 Å². The van der Waals surface area contributed by atoms with Gasteiger partial charge in [-0.15, -0.1) is 22.7 Å². The van der Waals surface area contributed by atoms with Crippen molar-refractivity contribution in [2.24, 2.45) is 0 Å². The first kappa shape index (κ1) is 18.8. The number of amides is 1. The largest absolute Gasteiger partial charge is 0.385 e. The topological polar surface area (TPSA) is 99.6 Å². The Bertz CT molecular complexity index is 930. The second kappa shape index (κ2) is 7.15. The van der Waals surface area contributed by atoms with Crippen molar-refractivity contribution in [3.8, 4) is 10.6 Å². The van der Waals surface area contributed by atoms with E-state index in [0.717, 1.165) is 22.8 Å². The Hall–Kier alpha value is -1.50. The van der Waals surface area contributed by atoms with Gasteiger partial charge in [0, 0.05) is 13.1 Å². The molecule has 144 valence electrons. The molecule has 4 heterocycles. The first-order chi connectivity index (χ1) is 12.8. The highest BCUT2D eigenvalue weighted by molar-refractivity contribution is 7.76. The third-order valence-electron chi connectivity index (χ3n) is 4.30. The fraction of sp³-hybridized carbons (Fsp3) is 0.500. The maximum Gasteiger partial charge on any atom is 0.276 e.